The normalized spacial score (nSPS) is 11.7. The smallest absolute Gasteiger partial charge is 0.258 e. The SMILES string of the molecule is COc1cc(Cl)c(NC(=O)C(N=Nc2c(OC)cc(Cl)cc2OC)C(C)=O)cc1OC. The maximum absolute atomic E-state index is 12.7. The second kappa shape index (κ2) is 10.8. The van der Waals surface area contributed by atoms with Gasteiger partial charge in [-0.1, -0.05) is 23.2 Å². The van der Waals surface area contributed by atoms with Crippen LogP contribution in [-0.2, 0) is 9.59 Å². The Labute approximate surface area is 189 Å². The number of hydrogen-bond acceptors (Lipinski definition) is 8. The number of methoxy groups -OCH3 is 4. The van der Waals surface area contributed by atoms with Crippen LogP contribution in [-0.4, -0.2) is 46.2 Å². The molecule has 0 aliphatic carbocycles. The summed E-state index contributed by atoms with van der Waals surface area (Å²) in [4.78, 5) is 24.8. The average molecular weight is 470 g/mol. The summed E-state index contributed by atoms with van der Waals surface area (Å²) >= 11 is 12.2. The molecule has 1 atom stereocenters. The Bertz CT molecular complexity index is 988. The molecule has 2 aromatic rings. The third-order valence-corrected chi connectivity index (χ3v) is 4.61. The molecule has 0 radical (unpaired) electrons. The molecule has 0 heterocycles. The quantitative estimate of drug-likeness (QED) is 0.420. The number of ketones is 1. The van der Waals surface area contributed by atoms with Crippen molar-refractivity contribution >= 4 is 46.3 Å². The number of anilines is 1. The van der Waals surface area contributed by atoms with E-state index in [4.69, 9.17) is 42.1 Å². The molecule has 0 spiro atoms. The Kier molecular flexibility index (Phi) is 8.47. The van der Waals surface area contributed by atoms with E-state index in [0.29, 0.717) is 16.5 Å². The summed E-state index contributed by atoms with van der Waals surface area (Å²) in [5.41, 5.74) is 0.394. The van der Waals surface area contributed by atoms with Crippen LogP contribution in [0.4, 0.5) is 11.4 Å². The van der Waals surface area contributed by atoms with Crippen molar-refractivity contribution < 1.29 is 28.5 Å². The van der Waals surface area contributed by atoms with Crippen LogP contribution in [0.25, 0.3) is 0 Å². The lowest BCUT2D eigenvalue weighted by molar-refractivity contribution is -0.126. The van der Waals surface area contributed by atoms with Crippen molar-refractivity contribution in [1.82, 2.24) is 0 Å². The van der Waals surface area contributed by atoms with Crippen LogP contribution < -0.4 is 24.3 Å². The van der Waals surface area contributed by atoms with Gasteiger partial charge in [-0.05, 0) is 6.92 Å². The number of azo groups is 1. The number of carbonyl (C=O) groups is 2. The second-order valence-corrected chi connectivity index (χ2v) is 6.91. The molecule has 0 aromatic heterocycles. The molecule has 166 valence electrons. The minimum absolute atomic E-state index is 0.178. The van der Waals surface area contributed by atoms with Crippen molar-refractivity contribution in [2.24, 2.45) is 10.2 Å². The molecule has 11 heteroatoms. The van der Waals surface area contributed by atoms with Crippen LogP contribution in [0.3, 0.4) is 0 Å². The lowest BCUT2D eigenvalue weighted by atomic mass is 10.2. The van der Waals surface area contributed by atoms with Crippen molar-refractivity contribution in [3.8, 4) is 23.0 Å². The first-order chi connectivity index (χ1) is 14.7. The highest BCUT2D eigenvalue weighted by molar-refractivity contribution is 6.34. The number of hydrogen-bond donors (Lipinski definition) is 1. The maximum Gasteiger partial charge on any atom is 0.258 e. The lowest BCUT2D eigenvalue weighted by Gasteiger charge is -2.14. The summed E-state index contributed by atoms with van der Waals surface area (Å²) in [6.45, 7) is 1.22. The average Bonchev–Trinajstić information content (AvgIpc) is 2.74. The summed E-state index contributed by atoms with van der Waals surface area (Å²) in [5.74, 6) is -0.0198. The fourth-order valence-electron chi connectivity index (χ4n) is 2.54. The van der Waals surface area contributed by atoms with E-state index in [9.17, 15) is 9.59 Å². The molecule has 2 aromatic carbocycles. The molecular weight excluding hydrogens is 449 g/mol. The fourth-order valence-corrected chi connectivity index (χ4v) is 2.94. The molecule has 31 heavy (non-hydrogen) atoms. The number of benzene rings is 2. The van der Waals surface area contributed by atoms with Gasteiger partial charge in [0.25, 0.3) is 5.91 Å². The Morgan fingerprint density at radius 1 is 0.871 bits per heavy atom. The summed E-state index contributed by atoms with van der Waals surface area (Å²) in [6.07, 6.45) is 0. The van der Waals surface area contributed by atoms with Gasteiger partial charge in [0.1, 0.15) is 0 Å². The summed E-state index contributed by atoms with van der Waals surface area (Å²) in [7, 11) is 5.73. The number of nitrogens with one attached hydrogen (secondary N) is 1. The highest BCUT2D eigenvalue weighted by Crippen LogP contribution is 2.40. The molecule has 0 saturated carbocycles. The van der Waals surface area contributed by atoms with Crippen molar-refractivity contribution in [3.63, 3.8) is 0 Å². The molecule has 9 nitrogen and oxygen atoms in total. The molecule has 0 saturated heterocycles. The molecular formula is C20H21Cl2N3O6. The van der Waals surface area contributed by atoms with Crippen molar-refractivity contribution in [2.75, 3.05) is 33.8 Å². The van der Waals surface area contributed by atoms with Crippen molar-refractivity contribution in [3.05, 3.63) is 34.3 Å². The minimum atomic E-state index is -1.45. The molecule has 0 fully saturated rings. The van der Waals surface area contributed by atoms with E-state index in [1.807, 2.05) is 0 Å². The van der Waals surface area contributed by atoms with Gasteiger partial charge < -0.3 is 24.3 Å². The third-order valence-electron chi connectivity index (χ3n) is 4.08. The summed E-state index contributed by atoms with van der Waals surface area (Å²) in [6, 6.07) is 4.51. The molecule has 1 unspecified atom stereocenters. The Morgan fingerprint density at radius 2 is 1.39 bits per heavy atom. The van der Waals surface area contributed by atoms with E-state index in [1.54, 1.807) is 0 Å². The minimum Gasteiger partial charge on any atom is -0.494 e. The van der Waals surface area contributed by atoms with Gasteiger partial charge in [-0.15, -0.1) is 5.11 Å². The number of rotatable bonds is 9. The molecule has 2 rings (SSSR count). The van der Waals surface area contributed by atoms with E-state index in [1.165, 1.54) is 59.6 Å². The van der Waals surface area contributed by atoms with Gasteiger partial charge in [0.05, 0.1) is 39.1 Å². The molecule has 1 N–H and O–H groups in total. The van der Waals surface area contributed by atoms with Gasteiger partial charge >= 0.3 is 0 Å². The zero-order valence-corrected chi connectivity index (χ0v) is 19.0. The Morgan fingerprint density at radius 3 is 1.87 bits per heavy atom. The second-order valence-electron chi connectivity index (χ2n) is 6.06. The van der Waals surface area contributed by atoms with E-state index in [0.717, 1.165) is 0 Å². The number of ether oxygens (including phenoxy) is 4. The van der Waals surface area contributed by atoms with Crippen LogP contribution in [0.2, 0.25) is 10.0 Å². The maximum atomic E-state index is 12.7. The summed E-state index contributed by atoms with van der Waals surface area (Å²) in [5, 5.41) is 11.0. The first-order valence-electron chi connectivity index (χ1n) is 8.80. The highest BCUT2D eigenvalue weighted by Gasteiger charge is 2.25. The van der Waals surface area contributed by atoms with Gasteiger partial charge in [0.2, 0.25) is 6.04 Å². The third kappa shape index (κ3) is 5.77. The molecule has 1 amide bonds. The number of halogens is 2. The van der Waals surface area contributed by atoms with E-state index in [-0.39, 0.29) is 27.9 Å². The largest absolute Gasteiger partial charge is 0.494 e. The number of nitrogens with zero attached hydrogens (tertiary/aromatic N) is 2. The van der Waals surface area contributed by atoms with Gasteiger partial charge in [0.15, 0.2) is 34.5 Å². The lowest BCUT2D eigenvalue weighted by Crippen LogP contribution is -2.32. The first-order valence-corrected chi connectivity index (χ1v) is 9.56. The Balaban J connectivity index is 2.36. The van der Waals surface area contributed by atoms with E-state index in [2.05, 4.69) is 15.5 Å². The monoisotopic (exact) mass is 469 g/mol. The zero-order chi connectivity index (χ0) is 23.1. The predicted octanol–water partition coefficient (Wildman–Crippen LogP) is 4.71. The van der Waals surface area contributed by atoms with Gasteiger partial charge in [-0.25, -0.2) is 0 Å². The van der Waals surface area contributed by atoms with Crippen molar-refractivity contribution in [2.45, 2.75) is 13.0 Å². The molecule has 0 aliphatic rings. The van der Waals surface area contributed by atoms with Gasteiger partial charge in [-0.2, -0.15) is 5.11 Å². The van der Waals surface area contributed by atoms with Crippen LogP contribution in [0.1, 0.15) is 6.92 Å². The van der Waals surface area contributed by atoms with Crippen LogP contribution in [0.5, 0.6) is 23.0 Å². The molecule has 0 aliphatic heterocycles. The van der Waals surface area contributed by atoms with Crippen molar-refractivity contribution in [1.29, 1.82) is 0 Å². The Hall–Kier alpha value is -3.04. The number of Topliss-reactive ketones (excluding diaryl/α,β-unsaturated/α-hetero) is 1. The zero-order valence-electron chi connectivity index (χ0n) is 17.5. The topological polar surface area (TPSA) is 108 Å². The van der Waals surface area contributed by atoms with E-state index < -0.39 is 17.7 Å². The van der Waals surface area contributed by atoms with Crippen LogP contribution >= 0.6 is 23.2 Å². The van der Waals surface area contributed by atoms with Gasteiger partial charge in [-0.3, -0.25) is 9.59 Å². The van der Waals surface area contributed by atoms with E-state index >= 15 is 0 Å². The highest BCUT2D eigenvalue weighted by atomic mass is 35.5. The van der Waals surface area contributed by atoms with Gasteiger partial charge in [0, 0.05) is 29.3 Å². The predicted molar refractivity (Wildman–Crippen MR) is 117 cm³/mol. The first kappa shape index (κ1) is 24.2. The standard InChI is InChI=1S/C20H21Cl2N3O6/c1-10(26)18(24-25-19-16(30-4)6-11(21)7-17(19)31-5)20(27)23-13-9-15(29-3)14(28-2)8-12(13)22/h6-9,18H,1-5H3,(H,23,27). The number of carbonyl (C=O) groups excluding carboxylic acids is 2. The number of amides is 1. The summed E-state index contributed by atoms with van der Waals surface area (Å²) < 4.78 is 20.8. The van der Waals surface area contributed by atoms with Crippen LogP contribution in [0.15, 0.2) is 34.5 Å². The fraction of sp³-hybridized carbons (Fsp3) is 0.300. The molecule has 0 bridgehead atoms. The van der Waals surface area contributed by atoms with Crippen LogP contribution in [0, 0.1) is 0 Å².